The van der Waals surface area contributed by atoms with Crippen LogP contribution in [0.25, 0.3) is 0 Å². The molecule has 0 spiro atoms. The number of hydrogen-bond acceptors (Lipinski definition) is 4. The van der Waals surface area contributed by atoms with Crippen LogP contribution in [0.2, 0.25) is 10.0 Å². The lowest BCUT2D eigenvalue weighted by molar-refractivity contribution is -0.153. The Hall–Kier alpha value is -2.24. The SMILES string of the molecule is Cc1cc(C)c(NC(=O)COC(=O)[C@H](C)Oc2ccc(Cl)cc2Cl)c(C)c1. The number of aryl methyl sites for hydroxylation is 3. The first-order valence-electron chi connectivity index (χ1n) is 8.33. The van der Waals surface area contributed by atoms with Crippen LogP contribution in [-0.2, 0) is 14.3 Å². The highest BCUT2D eigenvalue weighted by atomic mass is 35.5. The van der Waals surface area contributed by atoms with E-state index in [1.807, 2.05) is 32.9 Å². The third-order valence-corrected chi connectivity index (χ3v) is 4.35. The molecule has 2 aromatic carbocycles. The number of hydrogen-bond donors (Lipinski definition) is 1. The Balaban J connectivity index is 1.90. The second-order valence-corrected chi connectivity index (χ2v) is 7.11. The van der Waals surface area contributed by atoms with Crippen molar-refractivity contribution in [1.29, 1.82) is 0 Å². The molecule has 27 heavy (non-hydrogen) atoms. The molecule has 0 aromatic heterocycles. The summed E-state index contributed by atoms with van der Waals surface area (Å²) in [6.07, 6.45) is -0.931. The number of halogens is 2. The summed E-state index contributed by atoms with van der Waals surface area (Å²) in [7, 11) is 0. The van der Waals surface area contributed by atoms with E-state index >= 15 is 0 Å². The van der Waals surface area contributed by atoms with Crippen molar-refractivity contribution in [2.75, 3.05) is 11.9 Å². The van der Waals surface area contributed by atoms with E-state index in [0.29, 0.717) is 10.8 Å². The number of rotatable bonds is 6. The minimum atomic E-state index is -0.931. The van der Waals surface area contributed by atoms with Gasteiger partial charge in [0, 0.05) is 10.7 Å². The Labute approximate surface area is 168 Å². The van der Waals surface area contributed by atoms with Gasteiger partial charge in [-0.1, -0.05) is 40.9 Å². The van der Waals surface area contributed by atoms with E-state index in [-0.39, 0.29) is 5.02 Å². The first-order chi connectivity index (χ1) is 12.7. The van der Waals surface area contributed by atoms with Crippen LogP contribution in [0.1, 0.15) is 23.6 Å². The molecule has 2 rings (SSSR count). The van der Waals surface area contributed by atoms with Gasteiger partial charge in [0.2, 0.25) is 0 Å². The van der Waals surface area contributed by atoms with E-state index in [1.54, 1.807) is 12.1 Å². The maximum Gasteiger partial charge on any atom is 0.347 e. The Morgan fingerprint density at radius 2 is 1.70 bits per heavy atom. The van der Waals surface area contributed by atoms with Gasteiger partial charge >= 0.3 is 5.97 Å². The normalized spacial score (nSPS) is 11.6. The second-order valence-electron chi connectivity index (χ2n) is 6.26. The standard InChI is InChI=1S/C20H21Cl2NO4/c1-11-7-12(2)19(13(3)8-11)23-18(24)10-26-20(25)14(4)27-17-6-5-15(21)9-16(17)22/h5-9,14H,10H2,1-4H3,(H,23,24)/t14-/m0/s1. The third kappa shape index (κ3) is 5.88. The highest BCUT2D eigenvalue weighted by Gasteiger charge is 2.19. The van der Waals surface area contributed by atoms with E-state index in [0.717, 1.165) is 22.4 Å². The molecule has 0 fully saturated rings. The lowest BCUT2D eigenvalue weighted by atomic mass is 10.1. The minimum absolute atomic E-state index is 0.283. The van der Waals surface area contributed by atoms with E-state index in [9.17, 15) is 9.59 Å². The first-order valence-corrected chi connectivity index (χ1v) is 9.09. The zero-order chi connectivity index (χ0) is 20.1. The average molecular weight is 410 g/mol. The van der Waals surface area contributed by atoms with E-state index < -0.39 is 24.6 Å². The summed E-state index contributed by atoms with van der Waals surface area (Å²) in [5, 5.41) is 3.51. The maximum atomic E-state index is 12.1. The van der Waals surface area contributed by atoms with Crippen molar-refractivity contribution in [3.05, 3.63) is 57.1 Å². The van der Waals surface area contributed by atoms with Crippen molar-refractivity contribution in [3.8, 4) is 5.75 Å². The predicted molar refractivity (Wildman–Crippen MR) is 107 cm³/mol. The first kappa shape index (κ1) is 21.1. The van der Waals surface area contributed by atoms with Gasteiger partial charge < -0.3 is 14.8 Å². The molecular weight excluding hydrogens is 389 g/mol. The molecule has 0 bridgehead atoms. The summed E-state index contributed by atoms with van der Waals surface area (Å²) in [6, 6.07) is 8.61. The van der Waals surface area contributed by atoms with Gasteiger partial charge in [0.25, 0.3) is 5.91 Å². The number of benzene rings is 2. The largest absolute Gasteiger partial charge is 0.477 e. The van der Waals surface area contributed by atoms with Crippen molar-refractivity contribution >= 4 is 40.8 Å². The Bertz CT molecular complexity index is 844. The lowest BCUT2D eigenvalue weighted by Crippen LogP contribution is -2.30. The van der Waals surface area contributed by atoms with Gasteiger partial charge in [0.1, 0.15) is 5.75 Å². The van der Waals surface area contributed by atoms with E-state index in [1.165, 1.54) is 13.0 Å². The number of esters is 1. The molecule has 1 amide bonds. The van der Waals surface area contributed by atoms with Crippen LogP contribution < -0.4 is 10.1 Å². The fraction of sp³-hybridized carbons (Fsp3) is 0.300. The Morgan fingerprint density at radius 3 is 2.30 bits per heavy atom. The minimum Gasteiger partial charge on any atom is -0.477 e. The number of ether oxygens (including phenoxy) is 2. The fourth-order valence-electron chi connectivity index (χ4n) is 2.62. The number of carbonyl (C=O) groups excluding carboxylic acids is 2. The van der Waals surface area contributed by atoms with Crippen LogP contribution in [0.15, 0.2) is 30.3 Å². The van der Waals surface area contributed by atoms with Crippen LogP contribution in [0.3, 0.4) is 0 Å². The monoisotopic (exact) mass is 409 g/mol. The van der Waals surface area contributed by atoms with Crippen LogP contribution >= 0.6 is 23.2 Å². The summed E-state index contributed by atoms with van der Waals surface area (Å²) in [5.74, 6) is -0.787. The number of carbonyl (C=O) groups is 2. The second kappa shape index (κ2) is 9.11. The molecular formula is C20H21Cl2NO4. The molecule has 0 heterocycles. The van der Waals surface area contributed by atoms with Gasteiger partial charge in [-0.2, -0.15) is 0 Å². The molecule has 1 N–H and O–H groups in total. The molecule has 2 aromatic rings. The summed E-state index contributed by atoms with van der Waals surface area (Å²) in [4.78, 5) is 24.2. The van der Waals surface area contributed by atoms with Crippen LogP contribution in [0.4, 0.5) is 5.69 Å². The maximum absolute atomic E-state index is 12.1. The van der Waals surface area contributed by atoms with Crippen molar-refractivity contribution in [3.63, 3.8) is 0 Å². The number of nitrogens with one attached hydrogen (secondary N) is 1. The molecule has 7 heteroatoms. The van der Waals surface area contributed by atoms with Gasteiger partial charge in [0.15, 0.2) is 12.7 Å². The summed E-state index contributed by atoms with van der Waals surface area (Å²) in [5.41, 5.74) is 3.72. The summed E-state index contributed by atoms with van der Waals surface area (Å²) in [6.45, 7) is 6.91. The zero-order valence-electron chi connectivity index (χ0n) is 15.6. The van der Waals surface area contributed by atoms with E-state index in [2.05, 4.69) is 5.32 Å². The zero-order valence-corrected chi connectivity index (χ0v) is 17.1. The highest BCUT2D eigenvalue weighted by molar-refractivity contribution is 6.35. The third-order valence-electron chi connectivity index (χ3n) is 3.82. The molecule has 0 unspecified atom stereocenters. The number of amides is 1. The number of anilines is 1. The van der Waals surface area contributed by atoms with Crippen molar-refractivity contribution in [2.24, 2.45) is 0 Å². The van der Waals surface area contributed by atoms with Gasteiger partial charge in [-0.15, -0.1) is 0 Å². The lowest BCUT2D eigenvalue weighted by Gasteiger charge is -2.16. The highest BCUT2D eigenvalue weighted by Crippen LogP contribution is 2.28. The van der Waals surface area contributed by atoms with Gasteiger partial charge in [-0.05, 0) is 57.0 Å². The predicted octanol–water partition coefficient (Wildman–Crippen LogP) is 4.87. The molecule has 0 saturated carbocycles. The van der Waals surface area contributed by atoms with E-state index in [4.69, 9.17) is 32.7 Å². The summed E-state index contributed by atoms with van der Waals surface area (Å²) < 4.78 is 10.5. The molecule has 5 nitrogen and oxygen atoms in total. The molecule has 0 aliphatic carbocycles. The molecule has 0 radical (unpaired) electrons. The van der Waals surface area contributed by atoms with Crippen LogP contribution in [0, 0.1) is 20.8 Å². The Morgan fingerprint density at radius 1 is 1.07 bits per heavy atom. The summed E-state index contributed by atoms with van der Waals surface area (Å²) >= 11 is 11.8. The molecule has 0 aliphatic heterocycles. The average Bonchev–Trinajstić information content (AvgIpc) is 2.58. The molecule has 1 atom stereocenters. The van der Waals surface area contributed by atoms with Crippen LogP contribution in [-0.4, -0.2) is 24.6 Å². The molecule has 144 valence electrons. The molecule has 0 saturated heterocycles. The van der Waals surface area contributed by atoms with Crippen molar-refractivity contribution in [1.82, 2.24) is 0 Å². The van der Waals surface area contributed by atoms with Gasteiger partial charge in [0.05, 0.1) is 5.02 Å². The van der Waals surface area contributed by atoms with Crippen molar-refractivity contribution in [2.45, 2.75) is 33.8 Å². The van der Waals surface area contributed by atoms with Crippen LogP contribution in [0.5, 0.6) is 5.75 Å². The fourth-order valence-corrected chi connectivity index (χ4v) is 3.07. The molecule has 0 aliphatic rings. The Kier molecular flexibility index (Phi) is 7.11. The smallest absolute Gasteiger partial charge is 0.347 e. The topological polar surface area (TPSA) is 64.6 Å². The quantitative estimate of drug-likeness (QED) is 0.691. The van der Waals surface area contributed by atoms with Gasteiger partial charge in [-0.25, -0.2) is 4.79 Å². The van der Waals surface area contributed by atoms with Crippen molar-refractivity contribution < 1.29 is 19.1 Å². The van der Waals surface area contributed by atoms with Gasteiger partial charge in [-0.3, -0.25) is 4.79 Å².